The van der Waals surface area contributed by atoms with Crippen LogP contribution in [0, 0.1) is 5.82 Å². The van der Waals surface area contributed by atoms with Crippen LogP contribution in [0.25, 0.3) is 32.9 Å². The zero-order valence-electron chi connectivity index (χ0n) is 20.4. The van der Waals surface area contributed by atoms with Gasteiger partial charge >= 0.3 is 5.63 Å². The molecule has 2 aromatic carbocycles. The summed E-state index contributed by atoms with van der Waals surface area (Å²) in [4.78, 5) is 17.3. The van der Waals surface area contributed by atoms with E-state index >= 15 is 4.39 Å². The summed E-state index contributed by atoms with van der Waals surface area (Å²) in [6, 6.07) is 13.2. The molecule has 0 amide bonds. The highest BCUT2D eigenvalue weighted by Crippen LogP contribution is 2.34. The molecule has 5 aromatic rings. The van der Waals surface area contributed by atoms with Crippen molar-refractivity contribution < 1.29 is 17.2 Å². The van der Waals surface area contributed by atoms with Gasteiger partial charge in [-0.1, -0.05) is 13.0 Å². The van der Waals surface area contributed by atoms with Crippen molar-refractivity contribution in [2.24, 2.45) is 0 Å². The molecule has 0 saturated carbocycles. The number of nitrogens with one attached hydrogen (secondary N) is 1. The van der Waals surface area contributed by atoms with Crippen LogP contribution in [0.3, 0.4) is 0 Å². The van der Waals surface area contributed by atoms with Crippen LogP contribution in [-0.2, 0) is 23.0 Å². The molecule has 0 aliphatic rings. The molecular formula is C27H26FN3O4S. The van der Waals surface area contributed by atoms with Crippen molar-refractivity contribution in [2.45, 2.75) is 51.1 Å². The molecule has 0 aliphatic heterocycles. The first-order chi connectivity index (χ1) is 17.0. The van der Waals surface area contributed by atoms with Gasteiger partial charge < -0.3 is 8.98 Å². The largest absolute Gasteiger partial charge is 0.402 e. The molecule has 0 radical (unpaired) electrons. The summed E-state index contributed by atoms with van der Waals surface area (Å²) in [5.41, 5.74) is 1.14. The second-order valence-corrected chi connectivity index (χ2v) is 11.6. The Labute approximate surface area is 207 Å². The van der Waals surface area contributed by atoms with Crippen LogP contribution in [0.4, 0.5) is 4.39 Å². The summed E-state index contributed by atoms with van der Waals surface area (Å²) in [5.74, 6) is -0.572. The van der Waals surface area contributed by atoms with Gasteiger partial charge in [0, 0.05) is 39.0 Å². The molecule has 36 heavy (non-hydrogen) atoms. The number of nitrogens with zero attached hydrogens (tertiary/aromatic N) is 2. The Bertz CT molecular complexity index is 1820. The van der Waals surface area contributed by atoms with Gasteiger partial charge in [0.05, 0.1) is 11.4 Å². The monoisotopic (exact) mass is 507 g/mol. The Morgan fingerprint density at radius 3 is 2.58 bits per heavy atom. The number of sulfonamides is 1. The minimum absolute atomic E-state index is 0.0513. The maximum absolute atomic E-state index is 15.0. The number of aryl methyl sites for hydroxylation is 1. The summed E-state index contributed by atoms with van der Waals surface area (Å²) in [7, 11) is -3.88. The Balaban J connectivity index is 1.77. The van der Waals surface area contributed by atoms with Gasteiger partial charge in [0.25, 0.3) is 0 Å². The number of fused-ring (bicyclic) bond motifs is 5. The van der Waals surface area contributed by atoms with E-state index in [1.54, 1.807) is 37.6 Å². The second-order valence-electron chi connectivity index (χ2n) is 9.87. The van der Waals surface area contributed by atoms with Crippen LogP contribution in [0.1, 0.15) is 38.8 Å². The average Bonchev–Trinajstić information content (AvgIpc) is 3.13. The molecule has 0 fully saturated rings. The van der Waals surface area contributed by atoms with Crippen LogP contribution >= 0.6 is 0 Å². The summed E-state index contributed by atoms with van der Waals surface area (Å²) in [6.07, 6.45) is 2.36. The predicted octanol–water partition coefficient (Wildman–Crippen LogP) is 5.12. The van der Waals surface area contributed by atoms with Gasteiger partial charge in [-0.2, -0.15) is 0 Å². The molecule has 0 atom stereocenters. The number of hydrogen-bond donors (Lipinski definition) is 1. The van der Waals surface area contributed by atoms with Crippen molar-refractivity contribution in [1.29, 1.82) is 0 Å². The van der Waals surface area contributed by atoms with Gasteiger partial charge in [-0.05, 0) is 75.2 Å². The zero-order valence-corrected chi connectivity index (χ0v) is 21.2. The summed E-state index contributed by atoms with van der Waals surface area (Å²) < 4.78 is 50.6. The number of hydrogen-bond acceptors (Lipinski definition) is 5. The van der Waals surface area contributed by atoms with Crippen molar-refractivity contribution in [3.05, 3.63) is 82.1 Å². The van der Waals surface area contributed by atoms with Gasteiger partial charge in [-0.15, -0.1) is 0 Å². The number of aromatic nitrogens is 2. The van der Waals surface area contributed by atoms with Crippen LogP contribution in [-0.4, -0.2) is 23.5 Å². The maximum atomic E-state index is 15.0. The lowest BCUT2D eigenvalue weighted by Gasteiger charge is -2.20. The molecule has 7 nitrogen and oxygen atoms in total. The molecule has 0 bridgehead atoms. The van der Waals surface area contributed by atoms with E-state index in [0.717, 1.165) is 23.4 Å². The van der Waals surface area contributed by atoms with Crippen molar-refractivity contribution in [1.82, 2.24) is 14.3 Å². The van der Waals surface area contributed by atoms with E-state index in [1.807, 2.05) is 31.2 Å². The predicted molar refractivity (Wildman–Crippen MR) is 138 cm³/mol. The second kappa shape index (κ2) is 8.53. The van der Waals surface area contributed by atoms with Crippen molar-refractivity contribution in [2.75, 3.05) is 0 Å². The molecule has 0 spiro atoms. The van der Waals surface area contributed by atoms with Gasteiger partial charge in [0.2, 0.25) is 15.7 Å². The van der Waals surface area contributed by atoms with E-state index in [0.29, 0.717) is 16.3 Å². The standard InChI is InChI=1S/C27H26FN3O4S/c1-5-16-8-11-22-20(13-16)23-19-7-6-12-29-25(19)35-26(32)24(23)31(22)15-17-14-18(9-10-21(17)28)36(33,34)30-27(2,3)4/h6-14,30H,5,15H2,1-4H3. The third kappa shape index (κ3) is 4.18. The van der Waals surface area contributed by atoms with E-state index in [1.165, 1.54) is 12.1 Å². The Kier molecular flexibility index (Phi) is 5.72. The third-order valence-electron chi connectivity index (χ3n) is 6.06. The van der Waals surface area contributed by atoms with Crippen molar-refractivity contribution in [3.8, 4) is 0 Å². The van der Waals surface area contributed by atoms with Gasteiger partial charge in [0.1, 0.15) is 11.3 Å². The number of pyridine rings is 1. The van der Waals surface area contributed by atoms with E-state index in [2.05, 4.69) is 9.71 Å². The first kappa shape index (κ1) is 24.1. The fraction of sp³-hybridized carbons (Fsp3) is 0.259. The first-order valence-corrected chi connectivity index (χ1v) is 13.1. The Hall–Kier alpha value is -3.56. The minimum atomic E-state index is -3.88. The van der Waals surface area contributed by atoms with E-state index in [-0.39, 0.29) is 28.2 Å². The smallest absolute Gasteiger partial charge is 0.362 e. The SMILES string of the molecule is CCc1ccc2c(c1)c1c3cccnc3oc(=O)c1n2Cc1cc(S(=O)(=O)NC(C)(C)C)ccc1F. The minimum Gasteiger partial charge on any atom is -0.402 e. The van der Waals surface area contributed by atoms with Gasteiger partial charge in [0.15, 0.2) is 0 Å². The molecule has 3 heterocycles. The number of halogens is 1. The third-order valence-corrected chi connectivity index (χ3v) is 7.81. The highest BCUT2D eigenvalue weighted by Gasteiger charge is 2.24. The molecule has 1 N–H and O–H groups in total. The quantitative estimate of drug-likeness (QED) is 0.356. The molecule has 0 saturated heterocycles. The summed E-state index contributed by atoms with van der Waals surface area (Å²) in [6.45, 7) is 7.18. The molecule has 0 unspecified atom stereocenters. The normalized spacial score (nSPS) is 12.7. The lowest BCUT2D eigenvalue weighted by molar-refractivity contribution is 0.491. The maximum Gasteiger partial charge on any atom is 0.362 e. The number of rotatable bonds is 5. The van der Waals surface area contributed by atoms with Gasteiger partial charge in [-0.25, -0.2) is 27.3 Å². The Morgan fingerprint density at radius 2 is 1.86 bits per heavy atom. The van der Waals surface area contributed by atoms with Crippen molar-refractivity contribution in [3.63, 3.8) is 0 Å². The molecule has 186 valence electrons. The number of benzene rings is 2. The topological polar surface area (TPSA) is 94.2 Å². The van der Waals surface area contributed by atoms with E-state index in [9.17, 15) is 13.2 Å². The zero-order chi connectivity index (χ0) is 25.8. The van der Waals surface area contributed by atoms with Crippen LogP contribution in [0.2, 0.25) is 0 Å². The highest BCUT2D eigenvalue weighted by molar-refractivity contribution is 7.89. The van der Waals surface area contributed by atoms with Crippen LogP contribution < -0.4 is 10.3 Å². The van der Waals surface area contributed by atoms with Gasteiger partial charge in [-0.3, -0.25) is 0 Å². The van der Waals surface area contributed by atoms with E-state index in [4.69, 9.17) is 4.42 Å². The molecule has 0 aliphatic carbocycles. The average molecular weight is 508 g/mol. The Morgan fingerprint density at radius 1 is 1.08 bits per heavy atom. The molecular weight excluding hydrogens is 481 g/mol. The first-order valence-electron chi connectivity index (χ1n) is 11.6. The van der Waals surface area contributed by atoms with Crippen molar-refractivity contribution >= 4 is 42.9 Å². The molecule has 5 rings (SSSR count). The lowest BCUT2D eigenvalue weighted by Crippen LogP contribution is -2.40. The van der Waals surface area contributed by atoms with E-state index < -0.39 is 27.0 Å². The van der Waals surface area contributed by atoms with Crippen LogP contribution in [0.5, 0.6) is 0 Å². The lowest BCUT2D eigenvalue weighted by atomic mass is 10.1. The molecule has 3 aromatic heterocycles. The summed E-state index contributed by atoms with van der Waals surface area (Å²) >= 11 is 0. The fourth-order valence-corrected chi connectivity index (χ4v) is 6.01. The molecule has 9 heteroatoms. The summed E-state index contributed by atoms with van der Waals surface area (Å²) in [5, 5.41) is 2.18. The fourth-order valence-electron chi connectivity index (χ4n) is 4.54. The van der Waals surface area contributed by atoms with Crippen LogP contribution in [0.15, 0.2) is 68.8 Å². The highest BCUT2D eigenvalue weighted by atomic mass is 32.2.